The van der Waals surface area contributed by atoms with Gasteiger partial charge in [-0.15, -0.1) is 11.3 Å². The number of nitrogens with zero attached hydrogens (tertiary/aromatic N) is 2. The van der Waals surface area contributed by atoms with Gasteiger partial charge in [-0.25, -0.2) is 4.98 Å². The zero-order valence-electron chi connectivity index (χ0n) is 26.4. The molecular weight excluding hydrogens is 629 g/mol. The summed E-state index contributed by atoms with van der Waals surface area (Å²) in [6.07, 6.45) is 2.79. The minimum absolute atomic E-state index is 0.0694. The molecule has 5 rings (SSSR count). The van der Waals surface area contributed by atoms with Crippen LogP contribution in [0.3, 0.4) is 0 Å². The van der Waals surface area contributed by atoms with Crippen molar-refractivity contribution in [3.8, 4) is 0 Å². The van der Waals surface area contributed by atoms with Gasteiger partial charge in [-0.05, 0) is 42.2 Å². The molecule has 0 saturated heterocycles. The molecular formula is C35H38N8O4S. The lowest BCUT2D eigenvalue weighted by molar-refractivity contribution is -0.131. The Morgan fingerprint density at radius 3 is 2.23 bits per heavy atom. The largest absolute Gasteiger partial charge is 0.370 e. The number of amides is 3. The Kier molecular flexibility index (Phi) is 11.1. The van der Waals surface area contributed by atoms with E-state index in [1.54, 1.807) is 0 Å². The maximum absolute atomic E-state index is 14.0. The molecule has 0 aliphatic rings. The van der Waals surface area contributed by atoms with Crippen molar-refractivity contribution in [1.82, 2.24) is 25.9 Å². The van der Waals surface area contributed by atoms with E-state index >= 15 is 0 Å². The first kappa shape index (κ1) is 33.8. The molecule has 8 N–H and O–H groups in total. The Morgan fingerprint density at radius 2 is 1.50 bits per heavy atom. The summed E-state index contributed by atoms with van der Waals surface area (Å²) in [4.78, 5) is 65.6. The predicted octanol–water partition coefficient (Wildman–Crippen LogP) is 2.97. The minimum atomic E-state index is -1.07. The number of Topliss-reactive ketones (excluding diaryl/α,β-unsaturated/α-hetero) is 1. The molecule has 48 heavy (non-hydrogen) atoms. The number of carbonyl (C=O) groups is 4. The molecule has 2 heterocycles. The highest BCUT2D eigenvalue weighted by Gasteiger charge is 2.31. The number of fused-ring (bicyclic) bond motifs is 2. The van der Waals surface area contributed by atoms with Gasteiger partial charge in [0, 0.05) is 43.4 Å². The average Bonchev–Trinajstić information content (AvgIpc) is 3.70. The molecule has 3 amide bonds. The van der Waals surface area contributed by atoms with Crippen LogP contribution in [-0.4, -0.2) is 64.1 Å². The fourth-order valence-corrected chi connectivity index (χ4v) is 6.44. The number of guanidine groups is 1. The van der Waals surface area contributed by atoms with E-state index in [-0.39, 0.29) is 48.5 Å². The van der Waals surface area contributed by atoms with Crippen LogP contribution in [-0.2, 0) is 27.2 Å². The second-order valence-electron chi connectivity index (χ2n) is 11.4. The van der Waals surface area contributed by atoms with Crippen LogP contribution in [0.25, 0.3) is 21.1 Å². The number of para-hydroxylation sites is 2. The molecule has 3 atom stereocenters. The number of aliphatic imine (C=N–C) groups is 1. The third-order valence-corrected chi connectivity index (χ3v) is 8.84. The molecule has 0 aliphatic carbocycles. The first-order chi connectivity index (χ1) is 23.2. The zero-order chi connectivity index (χ0) is 34.0. The van der Waals surface area contributed by atoms with Crippen molar-refractivity contribution < 1.29 is 19.2 Å². The van der Waals surface area contributed by atoms with Gasteiger partial charge >= 0.3 is 0 Å². The second-order valence-corrected chi connectivity index (χ2v) is 12.5. The van der Waals surface area contributed by atoms with Gasteiger partial charge in [0.25, 0.3) is 0 Å². The molecule has 0 spiro atoms. The molecule has 3 aromatic carbocycles. The fourth-order valence-electron chi connectivity index (χ4n) is 5.48. The maximum Gasteiger partial charge on any atom is 0.243 e. The highest BCUT2D eigenvalue weighted by Crippen LogP contribution is 2.24. The SMILES string of the molecule is CC(=O)N[C@@H](Cc1c[nH]c2ccccc12)C(=O)N[C@@H](Cc1ccccc1)C(=O)N[C@@H](CCCN=C(N)N)C(=O)c1nc2ccccc2s1. The highest BCUT2D eigenvalue weighted by atomic mass is 32.1. The molecule has 5 aromatic rings. The number of nitrogens with two attached hydrogens (primary N) is 2. The Bertz CT molecular complexity index is 1900. The molecule has 0 radical (unpaired) electrons. The molecule has 0 fully saturated rings. The van der Waals surface area contributed by atoms with Crippen LogP contribution in [0.2, 0.25) is 0 Å². The number of nitrogens with one attached hydrogen (secondary N) is 4. The van der Waals surface area contributed by atoms with Gasteiger partial charge in [0.1, 0.15) is 12.1 Å². The zero-order valence-corrected chi connectivity index (χ0v) is 27.3. The normalized spacial score (nSPS) is 12.9. The van der Waals surface area contributed by atoms with Crippen molar-refractivity contribution in [2.75, 3.05) is 6.54 Å². The van der Waals surface area contributed by atoms with Crippen LogP contribution in [0, 0.1) is 0 Å². The van der Waals surface area contributed by atoms with Gasteiger partial charge in [-0.2, -0.15) is 0 Å². The van der Waals surface area contributed by atoms with Crippen molar-refractivity contribution in [3.05, 3.63) is 101 Å². The Hall–Kier alpha value is -5.56. The summed E-state index contributed by atoms with van der Waals surface area (Å²) < 4.78 is 0.847. The molecule has 0 bridgehead atoms. The van der Waals surface area contributed by atoms with Crippen LogP contribution >= 0.6 is 11.3 Å². The lowest BCUT2D eigenvalue weighted by Crippen LogP contribution is -2.56. The third-order valence-electron chi connectivity index (χ3n) is 7.79. The summed E-state index contributed by atoms with van der Waals surface area (Å²) in [5.41, 5.74) is 14.2. The van der Waals surface area contributed by atoms with Gasteiger partial charge in [-0.3, -0.25) is 24.2 Å². The van der Waals surface area contributed by atoms with E-state index in [2.05, 4.69) is 30.9 Å². The quantitative estimate of drug-likeness (QED) is 0.0427. The van der Waals surface area contributed by atoms with E-state index in [0.29, 0.717) is 11.9 Å². The van der Waals surface area contributed by atoms with Crippen LogP contribution in [0.5, 0.6) is 0 Å². The minimum Gasteiger partial charge on any atom is -0.370 e. The number of hydrogen-bond donors (Lipinski definition) is 6. The van der Waals surface area contributed by atoms with Crippen LogP contribution < -0.4 is 27.4 Å². The van der Waals surface area contributed by atoms with Crippen molar-refractivity contribution >= 4 is 61.9 Å². The lowest BCUT2D eigenvalue weighted by atomic mass is 10.0. The van der Waals surface area contributed by atoms with Crippen LogP contribution in [0.15, 0.2) is 90.1 Å². The fraction of sp³-hybridized carbons (Fsp3) is 0.257. The van der Waals surface area contributed by atoms with Crippen molar-refractivity contribution in [2.45, 2.75) is 50.7 Å². The van der Waals surface area contributed by atoms with E-state index in [1.807, 2.05) is 85.1 Å². The van der Waals surface area contributed by atoms with Crippen molar-refractivity contribution in [3.63, 3.8) is 0 Å². The summed E-state index contributed by atoms with van der Waals surface area (Å²) in [7, 11) is 0. The summed E-state index contributed by atoms with van der Waals surface area (Å²) in [5, 5.41) is 9.67. The number of aromatic amines is 1. The summed E-state index contributed by atoms with van der Waals surface area (Å²) >= 11 is 1.25. The number of carbonyl (C=O) groups excluding carboxylic acids is 4. The smallest absolute Gasteiger partial charge is 0.243 e. The van der Waals surface area contributed by atoms with E-state index < -0.39 is 29.9 Å². The van der Waals surface area contributed by atoms with Crippen molar-refractivity contribution in [2.24, 2.45) is 16.5 Å². The van der Waals surface area contributed by atoms with E-state index in [0.717, 1.165) is 26.7 Å². The summed E-state index contributed by atoms with van der Waals surface area (Å²) in [5.74, 6) is -1.90. The number of ketones is 1. The number of aromatic nitrogens is 2. The monoisotopic (exact) mass is 666 g/mol. The van der Waals surface area contributed by atoms with Crippen LogP contribution in [0.1, 0.15) is 40.7 Å². The average molecular weight is 667 g/mol. The Labute approximate surface area is 281 Å². The maximum atomic E-state index is 14.0. The Balaban J connectivity index is 1.39. The number of benzene rings is 3. The topological polar surface area (TPSA) is 197 Å². The molecule has 0 unspecified atom stereocenters. The highest BCUT2D eigenvalue weighted by molar-refractivity contribution is 7.20. The first-order valence-electron chi connectivity index (χ1n) is 15.6. The lowest BCUT2D eigenvalue weighted by Gasteiger charge is -2.25. The second kappa shape index (κ2) is 15.8. The number of rotatable bonds is 15. The van der Waals surface area contributed by atoms with E-state index in [9.17, 15) is 19.2 Å². The number of H-pyrrole nitrogens is 1. The number of thiazole rings is 1. The third kappa shape index (κ3) is 8.82. The van der Waals surface area contributed by atoms with Gasteiger partial charge in [-0.1, -0.05) is 60.7 Å². The molecule has 0 saturated carbocycles. The molecule has 0 aliphatic heterocycles. The van der Waals surface area contributed by atoms with Gasteiger partial charge in [0.2, 0.25) is 23.5 Å². The first-order valence-corrected chi connectivity index (χ1v) is 16.4. The molecule has 13 heteroatoms. The van der Waals surface area contributed by atoms with Gasteiger partial charge < -0.3 is 32.4 Å². The van der Waals surface area contributed by atoms with Gasteiger partial charge in [0.15, 0.2) is 11.0 Å². The molecule has 12 nitrogen and oxygen atoms in total. The Morgan fingerprint density at radius 1 is 0.833 bits per heavy atom. The van der Waals surface area contributed by atoms with E-state index in [1.165, 1.54) is 18.3 Å². The molecule has 248 valence electrons. The van der Waals surface area contributed by atoms with Crippen LogP contribution in [0.4, 0.5) is 0 Å². The summed E-state index contributed by atoms with van der Waals surface area (Å²) in [6, 6.07) is 21.3. The van der Waals surface area contributed by atoms with Crippen molar-refractivity contribution in [1.29, 1.82) is 0 Å². The number of hydrogen-bond acceptors (Lipinski definition) is 7. The predicted molar refractivity (Wildman–Crippen MR) is 187 cm³/mol. The van der Waals surface area contributed by atoms with E-state index in [4.69, 9.17) is 11.5 Å². The summed E-state index contributed by atoms with van der Waals surface area (Å²) in [6.45, 7) is 1.60. The standard InChI is InChI=1S/C35H38N8O4S/c1-21(44)40-29(19-23-20-39-25-13-6-5-12-24(23)25)33(47)42-28(18-22-10-3-2-4-11-22)32(46)41-27(15-9-17-38-35(36)37)31(45)34-43-26-14-7-8-16-30(26)48-34/h2-8,10-14,16,20,27-29,39H,9,15,17-19H2,1H3,(H,40,44)(H,41,46)(H,42,47)(H4,36,37,38)/t27-,28-,29-/m0/s1. The molecule has 2 aromatic heterocycles. The van der Waals surface area contributed by atoms with Gasteiger partial charge in [0.05, 0.1) is 16.3 Å².